The number of likely N-dealkylation sites (N-methyl/N-ethyl adjacent to an activating group) is 1. The molecule has 0 atom stereocenters. The summed E-state index contributed by atoms with van der Waals surface area (Å²) >= 11 is 0. The van der Waals surface area contributed by atoms with E-state index < -0.39 is 5.97 Å². The van der Waals surface area contributed by atoms with E-state index in [9.17, 15) is 4.79 Å². The molecule has 0 spiro atoms. The van der Waals surface area contributed by atoms with Gasteiger partial charge in [0, 0.05) is 32.7 Å². The van der Waals surface area contributed by atoms with Gasteiger partial charge in [-0.15, -0.1) is 0 Å². The third-order valence-electron chi connectivity index (χ3n) is 3.71. The van der Waals surface area contributed by atoms with Crippen molar-refractivity contribution in [3.63, 3.8) is 0 Å². The molecule has 6 nitrogen and oxygen atoms in total. The van der Waals surface area contributed by atoms with Gasteiger partial charge in [0.05, 0.1) is 12.8 Å². The van der Waals surface area contributed by atoms with E-state index in [2.05, 4.69) is 16.8 Å². The van der Waals surface area contributed by atoms with Crippen molar-refractivity contribution in [1.29, 1.82) is 0 Å². The number of hydrogen-bond acceptors (Lipinski definition) is 6. The van der Waals surface area contributed by atoms with Gasteiger partial charge in [-0.3, -0.25) is 4.90 Å². The highest BCUT2D eigenvalue weighted by molar-refractivity contribution is 5.94. The number of nitrogen functional groups attached to an aromatic ring is 1. The standard InChI is InChI=1S/C15H23N3O3/c1-17-6-8-18(9-7-17)10-11-21-15(19)12-4-3-5-13(16)14(12)20-2/h3-5H,6-11,16H2,1-2H3. The van der Waals surface area contributed by atoms with Crippen molar-refractivity contribution >= 4 is 11.7 Å². The molecule has 0 radical (unpaired) electrons. The van der Waals surface area contributed by atoms with Gasteiger partial charge in [-0.05, 0) is 19.2 Å². The van der Waals surface area contributed by atoms with Crippen LogP contribution >= 0.6 is 0 Å². The normalized spacial score (nSPS) is 16.7. The zero-order valence-electron chi connectivity index (χ0n) is 12.7. The van der Waals surface area contributed by atoms with Crippen molar-refractivity contribution in [3.05, 3.63) is 23.8 Å². The number of nitrogens with two attached hydrogens (primary N) is 1. The minimum absolute atomic E-state index is 0.371. The molecule has 1 aliphatic rings. The van der Waals surface area contributed by atoms with Gasteiger partial charge in [0.25, 0.3) is 0 Å². The van der Waals surface area contributed by atoms with Crippen LogP contribution < -0.4 is 10.5 Å². The number of rotatable bonds is 5. The van der Waals surface area contributed by atoms with E-state index in [0.29, 0.717) is 23.6 Å². The molecule has 0 aromatic heterocycles. The molecule has 1 aliphatic heterocycles. The first-order valence-corrected chi connectivity index (χ1v) is 7.12. The highest BCUT2D eigenvalue weighted by atomic mass is 16.5. The number of esters is 1. The molecule has 21 heavy (non-hydrogen) atoms. The summed E-state index contributed by atoms with van der Waals surface area (Å²) in [7, 11) is 3.61. The Hall–Kier alpha value is -1.79. The number of anilines is 1. The molecule has 0 unspecified atom stereocenters. The summed E-state index contributed by atoms with van der Waals surface area (Å²) in [4.78, 5) is 16.7. The maximum Gasteiger partial charge on any atom is 0.342 e. The molecule has 0 bridgehead atoms. The van der Waals surface area contributed by atoms with E-state index in [1.54, 1.807) is 18.2 Å². The lowest BCUT2D eigenvalue weighted by Crippen LogP contribution is -2.45. The lowest BCUT2D eigenvalue weighted by molar-refractivity contribution is 0.0429. The van der Waals surface area contributed by atoms with Crippen molar-refractivity contribution in [2.75, 3.05) is 59.2 Å². The molecule has 0 saturated carbocycles. The average molecular weight is 293 g/mol. The highest BCUT2D eigenvalue weighted by Gasteiger charge is 2.17. The van der Waals surface area contributed by atoms with E-state index in [-0.39, 0.29) is 0 Å². The first-order valence-electron chi connectivity index (χ1n) is 7.12. The predicted octanol–water partition coefficient (Wildman–Crippen LogP) is 0.682. The van der Waals surface area contributed by atoms with Gasteiger partial charge < -0.3 is 20.1 Å². The van der Waals surface area contributed by atoms with Gasteiger partial charge >= 0.3 is 5.97 Å². The maximum atomic E-state index is 12.1. The number of nitrogens with zero attached hydrogens (tertiary/aromatic N) is 2. The molecule has 1 heterocycles. The van der Waals surface area contributed by atoms with E-state index in [0.717, 1.165) is 32.7 Å². The Bertz CT molecular complexity index is 485. The number of ether oxygens (including phenoxy) is 2. The molecule has 116 valence electrons. The van der Waals surface area contributed by atoms with Crippen molar-refractivity contribution in [2.24, 2.45) is 0 Å². The van der Waals surface area contributed by atoms with Crippen LogP contribution in [0.3, 0.4) is 0 Å². The fraction of sp³-hybridized carbons (Fsp3) is 0.533. The van der Waals surface area contributed by atoms with Crippen LogP contribution in [0.1, 0.15) is 10.4 Å². The fourth-order valence-electron chi connectivity index (χ4n) is 2.36. The molecule has 0 amide bonds. The lowest BCUT2D eigenvalue weighted by atomic mass is 10.2. The zero-order valence-corrected chi connectivity index (χ0v) is 12.7. The summed E-state index contributed by atoms with van der Waals surface area (Å²) in [6.07, 6.45) is 0. The van der Waals surface area contributed by atoms with Crippen molar-refractivity contribution in [2.45, 2.75) is 0 Å². The van der Waals surface area contributed by atoms with Crippen molar-refractivity contribution in [3.8, 4) is 5.75 Å². The third-order valence-corrected chi connectivity index (χ3v) is 3.71. The Labute approximate surface area is 125 Å². The molecular formula is C15H23N3O3. The topological polar surface area (TPSA) is 68.0 Å². The van der Waals surface area contributed by atoms with Crippen LogP contribution in [-0.4, -0.2) is 69.3 Å². The first-order chi connectivity index (χ1) is 10.1. The van der Waals surface area contributed by atoms with Gasteiger partial charge in [-0.2, -0.15) is 0 Å². The first kappa shape index (κ1) is 15.6. The van der Waals surface area contributed by atoms with E-state index in [4.69, 9.17) is 15.2 Å². The summed E-state index contributed by atoms with van der Waals surface area (Å²) in [6, 6.07) is 5.07. The predicted molar refractivity (Wildman–Crippen MR) is 81.6 cm³/mol. The van der Waals surface area contributed by atoms with E-state index in [1.165, 1.54) is 7.11 Å². The van der Waals surface area contributed by atoms with Crippen LogP contribution in [0, 0.1) is 0 Å². The molecule has 6 heteroatoms. The number of methoxy groups -OCH3 is 1. The van der Waals surface area contributed by atoms with Crippen LogP contribution in [0.15, 0.2) is 18.2 Å². The lowest BCUT2D eigenvalue weighted by Gasteiger charge is -2.32. The maximum absolute atomic E-state index is 12.1. The second-order valence-corrected chi connectivity index (χ2v) is 5.21. The number of carbonyl (C=O) groups is 1. The quantitative estimate of drug-likeness (QED) is 0.636. The molecular weight excluding hydrogens is 270 g/mol. The van der Waals surface area contributed by atoms with Crippen LogP contribution in [0.4, 0.5) is 5.69 Å². The average Bonchev–Trinajstić information content (AvgIpc) is 2.49. The number of carbonyl (C=O) groups excluding carboxylic acids is 1. The summed E-state index contributed by atoms with van der Waals surface area (Å²) in [5.74, 6) is -0.0182. The highest BCUT2D eigenvalue weighted by Crippen LogP contribution is 2.26. The second kappa shape index (κ2) is 7.28. The molecule has 2 rings (SSSR count). The molecule has 0 aliphatic carbocycles. The number of para-hydroxylation sites is 1. The molecule has 2 N–H and O–H groups in total. The SMILES string of the molecule is COc1c(N)cccc1C(=O)OCCN1CCN(C)CC1. The summed E-state index contributed by atoms with van der Waals surface area (Å²) in [6.45, 7) is 5.25. The monoisotopic (exact) mass is 293 g/mol. The molecule has 1 aromatic rings. The number of benzene rings is 1. The minimum Gasteiger partial charge on any atom is -0.494 e. The van der Waals surface area contributed by atoms with Gasteiger partial charge in [0.1, 0.15) is 12.2 Å². The Balaban J connectivity index is 1.84. The second-order valence-electron chi connectivity index (χ2n) is 5.21. The largest absolute Gasteiger partial charge is 0.494 e. The van der Waals surface area contributed by atoms with Crippen LogP contribution in [0.5, 0.6) is 5.75 Å². The summed E-state index contributed by atoms with van der Waals surface area (Å²) in [5.41, 5.74) is 6.59. The fourth-order valence-corrected chi connectivity index (χ4v) is 2.36. The summed E-state index contributed by atoms with van der Waals surface area (Å²) < 4.78 is 10.5. The number of hydrogen-bond donors (Lipinski definition) is 1. The Morgan fingerprint density at radius 1 is 1.29 bits per heavy atom. The Morgan fingerprint density at radius 2 is 2.00 bits per heavy atom. The third kappa shape index (κ3) is 4.09. The van der Waals surface area contributed by atoms with E-state index in [1.807, 2.05) is 0 Å². The number of piperazine rings is 1. The van der Waals surface area contributed by atoms with Crippen LogP contribution in [-0.2, 0) is 4.74 Å². The molecule has 1 aromatic carbocycles. The zero-order chi connectivity index (χ0) is 15.2. The van der Waals surface area contributed by atoms with Gasteiger partial charge in [0.2, 0.25) is 0 Å². The smallest absolute Gasteiger partial charge is 0.342 e. The summed E-state index contributed by atoms with van der Waals surface area (Å²) in [5, 5.41) is 0. The van der Waals surface area contributed by atoms with Gasteiger partial charge in [-0.25, -0.2) is 4.79 Å². The van der Waals surface area contributed by atoms with Gasteiger partial charge in [0.15, 0.2) is 5.75 Å². The van der Waals surface area contributed by atoms with Crippen LogP contribution in [0.25, 0.3) is 0 Å². The Kier molecular flexibility index (Phi) is 5.41. The van der Waals surface area contributed by atoms with Crippen LogP contribution in [0.2, 0.25) is 0 Å². The van der Waals surface area contributed by atoms with Gasteiger partial charge in [-0.1, -0.05) is 6.07 Å². The van der Waals surface area contributed by atoms with Crippen molar-refractivity contribution in [1.82, 2.24) is 9.80 Å². The van der Waals surface area contributed by atoms with E-state index >= 15 is 0 Å². The molecule has 1 saturated heterocycles. The minimum atomic E-state index is -0.395. The van der Waals surface area contributed by atoms with Crippen molar-refractivity contribution < 1.29 is 14.3 Å². The Morgan fingerprint density at radius 3 is 2.67 bits per heavy atom. The molecule has 1 fully saturated rings.